The Bertz CT molecular complexity index is 405. The molecule has 0 unspecified atom stereocenters. The Balaban J connectivity index is 3.14. The Morgan fingerprint density at radius 2 is 1.94 bits per heavy atom. The average Bonchev–Trinajstić information content (AvgIpc) is 2.24. The highest BCUT2D eigenvalue weighted by molar-refractivity contribution is 6.05. The van der Waals surface area contributed by atoms with Crippen LogP contribution in [0.25, 0.3) is 0 Å². The van der Waals surface area contributed by atoms with Gasteiger partial charge in [0, 0.05) is 5.56 Å². The van der Waals surface area contributed by atoms with Crippen LogP contribution in [0, 0.1) is 0 Å². The molecule has 0 radical (unpaired) electrons. The van der Waals surface area contributed by atoms with E-state index in [2.05, 4.69) is 0 Å². The van der Waals surface area contributed by atoms with E-state index >= 15 is 0 Å². The van der Waals surface area contributed by atoms with Crippen LogP contribution in [0.4, 0.5) is 13.2 Å². The van der Waals surface area contributed by atoms with Gasteiger partial charge in [0.1, 0.15) is 0 Å². The third-order valence-corrected chi connectivity index (χ3v) is 2.00. The molecule has 1 nitrogen and oxygen atoms in total. The summed E-state index contributed by atoms with van der Waals surface area (Å²) in [4.78, 5) is 11.5. The van der Waals surface area contributed by atoms with Gasteiger partial charge in [-0.15, -0.1) is 0 Å². The summed E-state index contributed by atoms with van der Waals surface area (Å²) in [6, 6.07) is 4.78. The molecule has 0 bridgehead atoms. The zero-order chi connectivity index (χ0) is 12.2. The number of carbonyl (C=O) groups excluding carboxylic acids is 1. The van der Waals surface area contributed by atoms with Gasteiger partial charge in [0.2, 0.25) is 0 Å². The van der Waals surface area contributed by atoms with E-state index in [1.165, 1.54) is 30.4 Å². The number of benzene rings is 1. The molecule has 0 heterocycles. The van der Waals surface area contributed by atoms with Crippen molar-refractivity contribution in [1.29, 1.82) is 0 Å². The van der Waals surface area contributed by atoms with Crippen LogP contribution in [0.2, 0.25) is 0 Å². The number of alkyl halides is 3. The maximum atomic E-state index is 12.6. The lowest BCUT2D eigenvalue weighted by atomic mass is 10.0. The average molecular weight is 228 g/mol. The number of hydrogen-bond acceptors (Lipinski definition) is 1. The number of halogens is 3. The molecular weight excluding hydrogens is 217 g/mol. The molecule has 0 spiro atoms. The molecule has 0 fully saturated rings. The first-order valence-corrected chi connectivity index (χ1v) is 4.84. The summed E-state index contributed by atoms with van der Waals surface area (Å²) >= 11 is 0. The summed E-state index contributed by atoms with van der Waals surface area (Å²) in [5.41, 5.74) is -1.19. The molecule has 0 amide bonds. The van der Waals surface area contributed by atoms with Gasteiger partial charge in [-0.1, -0.05) is 31.2 Å². The summed E-state index contributed by atoms with van der Waals surface area (Å²) < 4.78 is 37.7. The van der Waals surface area contributed by atoms with Gasteiger partial charge < -0.3 is 0 Å². The third-order valence-electron chi connectivity index (χ3n) is 2.00. The molecule has 1 aromatic rings. The minimum atomic E-state index is -4.49. The topological polar surface area (TPSA) is 17.1 Å². The van der Waals surface area contributed by atoms with Crippen molar-refractivity contribution in [2.24, 2.45) is 0 Å². The first-order valence-electron chi connectivity index (χ1n) is 4.84. The summed E-state index contributed by atoms with van der Waals surface area (Å²) in [6.45, 7) is 1.81. The first kappa shape index (κ1) is 12.5. The molecule has 1 aromatic carbocycles. The van der Waals surface area contributed by atoms with Crippen molar-refractivity contribution in [2.45, 2.75) is 19.5 Å². The lowest BCUT2D eigenvalue weighted by molar-refractivity contribution is -0.137. The lowest BCUT2D eigenvalue weighted by Crippen LogP contribution is -2.11. The fourth-order valence-corrected chi connectivity index (χ4v) is 1.26. The summed E-state index contributed by atoms with van der Waals surface area (Å²) in [5.74, 6) is -0.616. The van der Waals surface area contributed by atoms with Crippen molar-refractivity contribution in [3.05, 3.63) is 47.5 Å². The minimum Gasteiger partial charge on any atom is -0.289 e. The summed E-state index contributed by atoms with van der Waals surface area (Å²) in [7, 11) is 0. The predicted molar refractivity (Wildman–Crippen MR) is 55.2 cm³/mol. The number of hydrogen-bond donors (Lipinski definition) is 0. The Labute approximate surface area is 91.6 Å². The van der Waals surface area contributed by atoms with E-state index in [0.717, 1.165) is 6.07 Å². The summed E-state index contributed by atoms with van der Waals surface area (Å²) in [6.07, 6.45) is -1.17. The van der Waals surface area contributed by atoms with Gasteiger partial charge in [0.25, 0.3) is 0 Å². The van der Waals surface area contributed by atoms with Gasteiger partial charge in [0.05, 0.1) is 5.56 Å². The van der Waals surface area contributed by atoms with Gasteiger partial charge in [-0.05, 0) is 18.6 Å². The van der Waals surface area contributed by atoms with Crippen molar-refractivity contribution < 1.29 is 18.0 Å². The van der Waals surface area contributed by atoms with E-state index in [4.69, 9.17) is 0 Å². The van der Waals surface area contributed by atoms with Crippen molar-refractivity contribution in [3.8, 4) is 0 Å². The zero-order valence-electron chi connectivity index (χ0n) is 8.71. The fraction of sp³-hybridized carbons (Fsp3) is 0.250. The van der Waals surface area contributed by atoms with Crippen LogP contribution in [0.1, 0.15) is 29.3 Å². The predicted octanol–water partition coefficient (Wildman–Crippen LogP) is 3.85. The van der Waals surface area contributed by atoms with Crippen LogP contribution in [0.3, 0.4) is 0 Å². The Morgan fingerprint density at radius 1 is 1.31 bits per heavy atom. The van der Waals surface area contributed by atoms with E-state index in [9.17, 15) is 18.0 Å². The second-order valence-electron chi connectivity index (χ2n) is 3.22. The van der Waals surface area contributed by atoms with Gasteiger partial charge >= 0.3 is 6.18 Å². The molecule has 4 heteroatoms. The molecule has 0 aromatic heterocycles. The van der Waals surface area contributed by atoms with Crippen molar-refractivity contribution in [1.82, 2.24) is 0 Å². The molecule has 0 saturated heterocycles. The summed E-state index contributed by atoms with van der Waals surface area (Å²) in [5, 5.41) is 0. The monoisotopic (exact) mass is 228 g/mol. The third kappa shape index (κ3) is 2.95. The molecule has 86 valence electrons. The van der Waals surface area contributed by atoms with E-state index in [1.807, 2.05) is 0 Å². The van der Waals surface area contributed by atoms with Crippen LogP contribution < -0.4 is 0 Å². The minimum absolute atomic E-state index is 0.306. The van der Waals surface area contributed by atoms with Crippen LogP contribution in [0.15, 0.2) is 36.4 Å². The highest BCUT2D eigenvalue weighted by Gasteiger charge is 2.34. The number of ketones is 1. The maximum Gasteiger partial charge on any atom is 0.417 e. The van der Waals surface area contributed by atoms with Crippen LogP contribution in [0.5, 0.6) is 0 Å². The Hall–Kier alpha value is -1.58. The Morgan fingerprint density at radius 3 is 2.50 bits per heavy atom. The SMILES string of the molecule is CC/C=C/C(=O)c1ccccc1C(F)(F)F. The number of rotatable bonds is 3. The van der Waals surface area contributed by atoms with Gasteiger partial charge in [-0.25, -0.2) is 0 Å². The second-order valence-corrected chi connectivity index (χ2v) is 3.22. The van der Waals surface area contributed by atoms with Crippen LogP contribution in [-0.4, -0.2) is 5.78 Å². The first-order chi connectivity index (χ1) is 7.46. The van der Waals surface area contributed by atoms with Crippen LogP contribution in [-0.2, 0) is 6.18 Å². The molecule has 0 N–H and O–H groups in total. The van der Waals surface area contributed by atoms with Crippen LogP contribution >= 0.6 is 0 Å². The maximum absolute atomic E-state index is 12.6. The van der Waals surface area contributed by atoms with Crippen molar-refractivity contribution in [3.63, 3.8) is 0 Å². The highest BCUT2D eigenvalue weighted by atomic mass is 19.4. The normalized spacial score (nSPS) is 12.0. The molecule has 0 atom stereocenters. The molecule has 0 aliphatic carbocycles. The molecule has 0 saturated carbocycles. The highest BCUT2D eigenvalue weighted by Crippen LogP contribution is 2.32. The zero-order valence-corrected chi connectivity index (χ0v) is 8.71. The quantitative estimate of drug-likeness (QED) is 0.567. The number of carbonyl (C=O) groups is 1. The van der Waals surface area contributed by atoms with E-state index in [-0.39, 0.29) is 5.56 Å². The lowest BCUT2D eigenvalue weighted by Gasteiger charge is -2.10. The van der Waals surface area contributed by atoms with Crippen molar-refractivity contribution in [2.75, 3.05) is 0 Å². The molecule has 0 aliphatic heterocycles. The van der Waals surface area contributed by atoms with Gasteiger partial charge in [0.15, 0.2) is 5.78 Å². The molecular formula is C12H11F3O. The second kappa shape index (κ2) is 4.96. The van der Waals surface area contributed by atoms with E-state index in [1.54, 1.807) is 6.92 Å². The largest absolute Gasteiger partial charge is 0.417 e. The standard InChI is InChI=1S/C12H11F3O/c1-2-3-8-11(16)9-6-4-5-7-10(9)12(13,14)15/h3-8H,2H2,1H3/b8-3+. The number of allylic oxidation sites excluding steroid dienone is 2. The Kier molecular flexibility index (Phi) is 3.88. The van der Waals surface area contributed by atoms with Crippen molar-refractivity contribution >= 4 is 5.78 Å². The molecule has 16 heavy (non-hydrogen) atoms. The fourth-order valence-electron chi connectivity index (χ4n) is 1.26. The van der Waals surface area contributed by atoms with Gasteiger partial charge in [-0.3, -0.25) is 4.79 Å². The van der Waals surface area contributed by atoms with Gasteiger partial charge in [-0.2, -0.15) is 13.2 Å². The smallest absolute Gasteiger partial charge is 0.289 e. The van der Waals surface area contributed by atoms with E-state index in [0.29, 0.717) is 6.42 Å². The molecule has 0 aliphatic rings. The molecule has 1 rings (SSSR count). The van der Waals surface area contributed by atoms with E-state index < -0.39 is 17.5 Å².